The zero-order valence-corrected chi connectivity index (χ0v) is 19.9. The molecule has 0 amide bonds. The summed E-state index contributed by atoms with van der Waals surface area (Å²) in [6.45, 7) is 11.8. The molecule has 0 aliphatic heterocycles. The van der Waals surface area contributed by atoms with Crippen molar-refractivity contribution in [2.75, 3.05) is 0 Å². The van der Waals surface area contributed by atoms with E-state index in [4.69, 9.17) is 0 Å². The highest BCUT2D eigenvalue weighted by Crippen LogP contribution is 2.27. The quantitative estimate of drug-likeness (QED) is 0.368. The van der Waals surface area contributed by atoms with Crippen molar-refractivity contribution >= 4 is 0 Å². The van der Waals surface area contributed by atoms with Crippen LogP contribution < -0.4 is 0 Å². The molecule has 27 heavy (non-hydrogen) atoms. The van der Waals surface area contributed by atoms with Crippen LogP contribution in [0.2, 0.25) is 0 Å². The molecule has 162 valence electrons. The summed E-state index contributed by atoms with van der Waals surface area (Å²) in [4.78, 5) is 0. The van der Waals surface area contributed by atoms with Crippen LogP contribution in [-0.2, 0) is 0 Å². The molecule has 4 aliphatic carbocycles. The summed E-state index contributed by atoms with van der Waals surface area (Å²) in [6, 6.07) is 0. The second-order valence-corrected chi connectivity index (χ2v) is 10.9. The molecule has 0 aromatic heterocycles. The van der Waals surface area contributed by atoms with Crippen LogP contribution in [-0.4, -0.2) is 0 Å². The molecule has 0 heterocycles. The average Bonchev–Trinajstić information content (AvgIpc) is 3.48. The van der Waals surface area contributed by atoms with E-state index in [-0.39, 0.29) is 0 Å². The van der Waals surface area contributed by atoms with Gasteiger partial charge < -0.3 is 0 Å². The Bertz CT molecular complexity index is 284. The maximum Gasteiger partial charge on any atom is -0.0443 e. The highest BCUT2D eigenvalue weighted by molar-refractivity contribution is 4.66. The van der Waals surface area contributed by atoms with Crippen LogP contribution in [0.3, 0.4) is 0 Å². The van der Waals surface area contributed by atoms with Crippen molar-refractivity contribution in [1.29, 1.82) is 0 Å². The Morgan fingerprint density at radius 2 is 0.444 bits per heavy atom. The second-order valence-electron chi connectivity index (χ2n) is 10.9. The average molecular weight is 379 g/mol. The van der Waals surface area contributed by atoms with E-state index < -0.39 is 0 Å². The first-order valence-electron chi connectivity index (χ1n) is 13.0. The molecule has 0 radical (unpaired) electrons. The topological polar surface area (TPSA) is 0 Å². The Morgan fingerprint density at radius 1 is 0.259 bits per heavy atom. The molecule has 0 bridgehead atoms. The van der Waals surface area contributed by atoms with Gasteiger partial charge in [0.05, 0.1) is 0 Å². The summed E-state index contributed by atoms with van der Waals surface area (Å²) in [5.74, 6) is 5.18. The van der Waals surface area contributed by atoms with Gasteiger partial charge in [0.1, 0.15) is 0 Å². The van der Waals surface area contributed by atoms with Gasteiger partial charge in [-0.3, -0.25) is 0 Å². The molecular formula is C27H54. The monoisotopic (exact) mass is 378 g/mol. The Kier molecular flexibility index (Phi) is 14.7. The first kappa shape index (κ1) is 25.0. The molecule has 0 nitrogen and oxygen atoms in total. The zero-order valence-electron chi connectivity index (χ0n) is 19.9. The Balaban J connectivity index is 0.000000184. The standard InChI is InChI=1S/2C8H16.C7H14.C4H8/c1-7-3-5-8(2)6-4-7;1-8-6-4-2-3-5-7-8;1-7-5-3-2-4-6-7;1-4-2-3-4/h7-8H,3-6H2,1-2H3;8H,2-7H2,1H3;7H,2-6H2,1H3;4H,2-3H2,1H3. The van der Waals surface area contributed by atoms with Crippen molar-refractivity contribution < 1.29 is 0 Å². The van der Waals surface area contributed by atoms with E-state index in [9.17, 15) is 0 Å². The normalized spacial score (nSPS) is 29.7. The van der Waals surface area contributed by atoms with Crippen LogP contribution in [0.4, 0.5) is 0 Å². The third-order valence-electron chi connectivity index (χ3n) is 7.21. The SMILES string of the molecule is CC1CC1.CC1CCC(C)CC1.CC1CCCCC1.CC1CCCCCC1. The fourth-order valence-corrected chi connectivity index (χ4v) is 4.38. The minimum atomic E-state index is 1.02. The van der Waals surface area contributed by atoms with Gasteiger partial charge in [0.25, 0.3) is 0 Å². The maximum atomic E-state index is 2.38. The molecule has 0 saturated heterocycles. The van der Waals surface area contributed by atoms with Gasteiger partial charge in [0, 0.05) is 0 Å². The minimum absolute atomic E-state index is 1.02. The van der Waals surface area contributed by atoms with E-state index in [0.717, 1.165) is 29.6 Å². The predicted octanol–water partition coefficient (Wildman–Crippen LogP) is 9.81. The number of rotatable bonds is 0. The lowest BCUT2D eigenvalue weighted by molar-refractivity contribution is 0.308. The second kappa shape index (κ2) is 15.9. The van der Waals surface area contributed by atoms with Crippen LogP contribution >= 0.6 is 0 Å². The summed E-state index contributed by atoms with van der Waals surface area (Å²) < 4.78 is 0. The fourth-order valence-electron chi connectivity index (χ4n) is 4.38. The molecular weight excluding hydrogens is 324 g/mol. The lowest BCUT2D eigenvalue weighted by atomic mass is 9.84. The van der Waals surface area contributed by atoms with E-state index in [1.165, 1.54) is 109 Å². The molecule has 4 saturated carbocycles. The first-order chi connectivity index (χ1) is 13.0. The molecule has 4 fully saturated rings. The lowest BCUT2D eigenvalue weighted by Gasteiger charge is -2.22. The van der Waals surface area contributed by atoms with E-state index in [2.05, 4.69) is 34.6 Å². The van der Waals surface area contributed by atoms with Crippen molar-refractivity contribution in [2.45, 2.75) is 144 Å². The highest BCUT2D eigenvalue weighted by Gasteiger charge is 2.13. The van der Waals surface area contributed by atoms with Gasteiger partial charge in [0.2, 0.25) is 0 Å². The predicted molar refractivity (Wildman–Crippen MR) is 124 cm³/mol. The minimum Gasteiger partial charge on any atom is -0.0625 e. The summed E-state index contributed by atoms with van der Waals surface area (Å²) in [7, 11) is 0. The molecule has 0 aromatic rings. The van der Waals surface area contributed by atoms with Crippen molar-refractivity contribution in [2.24, 2.45) is 29.6 Å². The molecule has 0 spiro atoms. The van der Waals surface area contributed by atoms with E-state index in [1.54, 1.807) is 0 Å². The highest BCUT2D eigenvalue weighted by atomic mass is 14.2. The molecule has 0 heteroatoms. The summed E-state index contributed by atoms with van der Waals surface area (Å²) >= 11 is 0. The summed E-state index contributed by atoms with van der Waals surface area (Å²) in [5.41, 5.74) is 0. The van der Waals surface area contributed by atoms with Crippen LogP contribution in [0.25, 0.3) is 0 Å². The molecule has 4 aliphatic rings. The van der Waals surface area contributed by atoms with Gasteiger partial charge in [-0.15, -0.1) is 0 Å². The van der Waals surface area contributed by atoms with Gasteiger partial charge in [-0.25, -0.2) is 0 Å². The molecule has 0 unspecified atom stereocenters. The van der Waals surface area contributed by atoms with Gasteiger partial charge in [0.15, 0.2) is 0 Å². The largest absolute Gasteiger partial charge is 0.0625 e. The third kappa shape index (κ3) is 16.6. The van der Waals surface area contributed by atoms with Crippen molar-refractivity contribution in [3.63, 3.8) is 0 Å². The van der Waals surface area contributed by atoms with Crippen molar-refractivity contribution in [1.82, 2.24) is 0 Å². The number of hydrogen-bond acceptors (Lipinski definition) is 0. The first-order valence-corrected chi connectivity index (χ1v) is 13.0. The zero-order chi connectivity index (χ0) is 19.9. The fraction of sp³-hybridized carbons (Fsp3) is 1.00. The smallest absolute Gasteiger partial charge is 0.0443 e. The molecule has 4 rings (SSSR count). The lowest BCUT2D eigenvalue weighted by Crippen LogP contribution is -2.08. The third-order valence-corrected chi connectivity index (χ3v) is 7.21. The summed E-state index contributed by atoms with van der Waals surface area (Å²) in [5, 5.41) is 0. The van der Waals surface area contributed by atoms with E-state index in [0.29, 0.717) is 0 Å². The van der Waals surface area contributed by atoms with Gasteiger partial charge in [-0.1, -0.05) is 144 Å². The van der Waals surface area contributed by atoms with Gasteiger partial charge >= 0.3 is 0 Å². The molecule has 0 atom stereocenters. The maximum absolute atomic E-state index is 2.38. The van der Waals surface area contributed by atoms with Crippen LogP contribution in [0, 0.1) is 29.6 Å². The Labute approximate surface area is 173 Å². The van der Waals surface area contributed by atoms with Crippen LogP contribution in [0.5, 0.6) is 0 Å². The van der Waals surface area contributed by atoms with Crippen LogP contribution in [0.15, 0.2) is 0 Å². The van der Waals surface area contributed by atoms with E-state index in [1.807, 2.05) is 0 Å². The van der Waals surface area contributed by atoms with Crippen molar-refractivity contribution in [3.05, 3.63) is 0 Å². The Hall–Kier alpha value is 0. The molecule has 0 aromatic carbocycles. The number of hydrogen-bond donors (Lipinski definition) is 0. The van der Waals surface area contributed by atoms with E-state index >= 15 is 0 Å². The van der Waals surface area contributed by atoms with Gasteiger partial charge in [-0.05, 0) is 29.6 Å². The summed E-state index contributed by atoms with van der Waals surface area (Å²) in [6.07, 6.45) is 25.2. The molecule has 0 N–H and O–H groups in total. The van der Waals surface area contributed by atoms with Gasteiger partial charge in [-0.2, -0.15) is 0 Å². The van der Waals surface area contributed by atoms with Crippen LogP contribution in [0.1, 0.15) is 144 Å². The van der Waals surface area contributed by atoms with Crippen molar-refractivity contribution in [3.8, 4) is 0 Å². The Morgan fingerprint density at radius 3 is 0.704 bits per heavy atom.